The Balaban J connectivity index is 2.11. The molecule has 0 saturated heterocycles. The Morgan fingerprint density at radius 2 is 1.76 bits per heavy atom. The number of rotatable bonds is 1. The maximum absolute atomic E-state index is 12.1. The molecule has 4 rings (SSSR count). The lowest BCUT2D eigenvalue weighted by molar-refractivity contribution is 0.569. The number of halogens is 1. The Morgan fingerprint density at radius 1 is 1.00 bits per heavy atom. The SMILES string of the molecule is O=c1oc2ccccc2c2nn(-c3ccccc3Cl)cc12. The van der Waals surface area contributed by atoms with Gasteiger partial charge in [0.25, 0.3) is 0 Å². The van der Waals surface area contributed by atoms with E-state index in [1.165, 1.54) is 0 Å². The third-order valence-electron chi connectivity index (χ3n) is 3.38. The van der Waals surface area contributed by atoms with Crippen LogP contribution in [-0.2, 0) is 0 Å². The molecular weight excluding hydrogens is 288 g/mol. The molecular formula is C16H9ClN2O2. The fraction of sp³-hybridized carbons (Fsp3) is 0. The summed E-state index contributed by atoms with van der Waals surface area (Å²) < 4.78 is 6.92. The van der Waals surface area contributed by atoms with Gasteiger partial charge in [-0.05, 0) is 24.3 Å². The molecule has 0 aliphatic rings. The van der Waals surface area contributed by atoms with E-state index in [1.54, 1.807) is 23.0 Å². The van der Waals surface area contributed by atoms with Crippen LogP contribution in [0.5, 0.6) is 0 Å². The summed E-state index contributed by atoms with van der Waals surface area (Å²) in [6.07, 6.45) is 1.65. The van der Waals surface area contributed by atoms with E-state index in [9.17, 15) is 4.79 Å². The van der Waals surface area contributed by atoms with Gasteiger partial charge in [-0.3, -0.25) is 0 Å². The van der Waals surface area contributed by atoms with Crippen molar-refractivity contribution in [3.63, 3.8) is 0 Å². The zero-order chi connectivity index (χ0) is 14.4. The van der Waals surface area contributed by atoms with Crippen LogP contribution in [0.3, 0.4) is 0 Å². The molecule has 4 nitrogen and oxygen atoms in total. The number of benzene rings is 2. The van der Waals surface area contributed by atoms with Gasteiger partial charge in [-0.2, -0.15) is 5.10 Å². The van der Waals surface area contributed by atoms with Crippen molar-refractivity contribution in [1.29, 1.82) is 0 Å². The van der Waals surface area contributed by atoms with Gasteiger partial charge in [0.2, 0.25) is 0 Å². The number of aromatic nitrogens is 2. The molecule has 0 fully saturated rings. The molecule has 0 amide bonds. The molecule has 0 spiro atoms. The summed E-state index contributed by atoms with van der Waals surface area (Å²) in [5.41, 5.74) is 1.46. The lowest BCUT2D eigenvalue weighted by Crippen LogP contribution is -1.97. The summed E-state index contributed by atoms with van der Waals surface area (Å²) in [4.78, 5) is 12.1. The molecule has 21 heavy (non-hydrogen) atoms. The van der Waals surface area contributed by atoms with Crippen LogP contribution < -0.4 is 5.63 Å². The van der Waals surface area contributed by atoms with E-state index in [2.05, 4.69) is 5.10 Å². The topological polar surface area (TPSA) is 48.0 Å². The second kappa shape index (κ2) is 4.46. The quantitative estimate of drug-likeness (QED) is 0.502. The summed E-state index contributed by atoms with van der Waals surface area (Å²) in [6.45, 7) is 0. The highest BCUT2D eigenvalue weighted by Crippen LogP contribution is 2.24. The molecule has 0 radical (unpaired) electrons. The molecule has 0 atom stereocenters. The molecule has 2 aromatic carbocycles. The molecule has 2 aromatic heterocycles. The van der Waals surface area contributed by atoms with Crippen LogP contribution in [-0.4, -0.2) is 9.78 Å². The van der Waals surface area contributed by atoms with Crippen molar-refractivity contribution in [3.05, 3.63) is 70.2 Å². The average Bonchev–Trinajstić information content (AvgIpc) is 2.94. The third kappa shape index (κ3) is 1.84. The molecule has 0 bridgehead atoms. The van der Waals surface area contributed by atoms with E-state index in [-0.39, 0.29) is 0 Å². The number of hydrogen-bond donors (Lipinski definition) is 0. The van der Waals surface area contributed by atoms with Gasteiger partial charge in [-0.1, -0.05) is 35.9 Å². The largest absolute Gasteiger partial charge is 0.422 e. The van der Waals surface area contributed by atoms with E-state index < -0.39 is 5.63 Å². The second-order valence-electron chi connectivity index (χ2n) is 4.67. The minimum absolute atomic E-state index is 0.401. The van der Waals surface area contributed by atoms with E-state index in [0.717, 1.165) is 11.1 Å². The molecule has 0 saturated carbocycles. The van der Waals surface area contributed by atoms with Crippen LogP contribution in [0.15, 0.2) is 63.9 Å². The maximum Gasteiger partial charge on any atom is 0.347 e. The maximum atomic E-state index is 12.1. The number of fused-ring (bicyclic) bond motifs is 3. The molecule has 0 unspecified atom stereocenters. The first-order valence-corrected chi connectivity index (χ1v) is 6.78. The average molecular weight is 297 g/mol. The van der Waals surface area contributed by atoms with Gasteiger partial charge >= 0.3 is 5.63 Å². The lowest BCUT2D eigenvalue weighted by atomic mass is 10.2. The van der Waals surface area contributed by atoms with Crippen molar-refractivity contribution in [2.45, 2.75) is 0 Å². The van der Waals surface area contributed by atoms with Crippen LogP contribution in [0.25, 0.3) is 27.6 Å². The van der Waals surface area contributed by atoms with Gasteiger partial charge in [0.05, 0.1) is 10.7 Å². The molecule has 102 valence electrons. The van der Waals surface area contributed by atoms with E-state index >= 15 is 0 Å². The second-order valence-corrected chi connectivity index (χ2v) is 5.08. The van der Waals surface area contributed by atoms with E-state index in [1.807, 2.05) is 36.4 Å². The van der Waals surface area contributed by atoms with Crippen molar-refractivity contribution in [1.82, 2.24) is 9.78 Å². The molecule has 0 aliphatic heterocycles. The standard InChI is InChI=1S/C16H9ClN2O2/c17-12-6-2-3-7-13(12)19-9-11-15(18-19)10-5-1-4-8-14(10)21-16(11)20/h1-9H. The Bertz CT molecular complexity index is 1030. The van der Waals surface area contributed by atoms with Crippen molar-refractivity contribution in [2.75, 3.05) is 0 Å². The monoisotopic (exact) mass is 296 g/mol. The first-order valence-electron chi connectivity index (χ1n) is 6.40. The Kier molecular flexibility index (Phi) is 2.59. The molecule has 0 N–H and O–H groups in total. The molecule has 0 aliphatic carbocycles. The van der Waals surface area contributed by atoms with Gasteiger partial charge in [0, 0.05) is 11.6 Å². The Morgan fingerprint density at radius 3 is 2.62 bits per heavy atom. The minimum atomic E-state index is -0.401. The predicted octanol–water partition coefficient (Wildman–Crippen LogP) is 3.79. The summed E-state index contributed by atoms with van der Waals surface area (Å²) >= 11 is 6.18. The predicted molar refractivity (Wildman–Crippen MR) is 82.1 cm³/mol. The fourth-order valence-electron chi connectivity index (χ4n) is 2.39. The number of hydrogen-bond acceptors (Lipinski definition) is 3. The first kappa shape index (κ1) is 12.2. The molecule has 5 heteroatoms. The van der Waals surface area contributed by atoms with Gasteiger partial charge < -0.3 is 4.42 Å². The smallest absolute Gasteiger partial charge is 0.347 e. The van der Waals surface area contributed by atoms with Gasteiger partial charge in [-0.15, -0.1) is 0 Å². The van der Waals surface area contributed by atoms with Crippen molar-refractivity contribution < 1.29 is 4.42 Å². The Hall–Kier alpha value is -2.59. The summed E-state index contributed by atoms with van der Waals surface area (Å²) in [7, 11) is 0. The fourth-order valence-corrected chi connectivity index (χ4v) is 2.61. The number of para-hydroxylation sites is 2. The summed E-state index contributed by atoms with van der Waals surface area (Å²) in [6, 6.07) is 14.7. The van der Waals surface area contributed by atoms with E-state index in [0.29, 0.717) is 21.5 Å². The zero-order valence-corrected chi connectivity index (χ0v) is 11.5. The van der Waals surface area contributed by atoms with Crippen LogP contribution in [0.4, 0.5) is 0 Å². The van der Waals surface area contributed by atoms with Gasteiger partial charge in [-0.25, -0.2) is 9.48 Å². The van der Waals surface area contributed by atoms with Crippen molar-refractivity contribution in [3.8, 4) is 5.69 Å². The minimum Gasteiger partial charge on any atom is -0.422 e. The van der Waals surface area contributed by atoms with Crippen LogP contribution in [0.1, 0.15) is 0 Å². The van der Waals surface area contributed by atoms with E-state index in [4.69, 9.17) is 16.0 Å². The summed E-state index contributed by atoms with van der Waals surface area (Å²) in [5, 5.41) is 6.32. The summed E-state index contributed by atoms with van der Waals surface area (Å²) in [5.74, 6) is 0. The van der Waals surface area contributed by atoms with Crippen LogP contribution in [0.2, 0.25) is 5.02 Å². The Labute approximate surface area is 124 Å². The number of nitrogens with zero attached hydrogens (tertiary/aromatic N) is 2. The van der Waals surface area contributed by atoms with Crippen LogP contribution >= 0.6 is 11.6 Å². The normalized spacial score (nSPS) is 11.3. The first-order chi connectivity index (χ1) is 10.2. The lowest BCUT2D eigenvalue weighted by Gasteiger charge is -2.02. The zero-order valence-electron chi connectivity index (χ0n) is 10.8. The van der Waals surface area contributed by atoms with Crippen LogP contribution in [0, 0.1) is 0 Å². The highest BCUT2D eigenvalue weighted by atomic mass is 35.5. The molecule has 4 aromatic rings. The third-order valence-corrected chi connectivity index (χ3v) is 3.70. The van der Waals surface area contributed by atoms with Gasteiger partial charge in [0.1, 0.15) is 16.5 Å². The van der Waals surface area contributed by atoms with Crippen molar-refractivity contribution >= 4 is 33.5 Å². The highest BCUT2D eigenvalue weighted by molar-refractivity contribution is 6.32. The molecule has 2 heterocycles. The highest BCUT2D eigenvalue weighted by Gasteiger charge is 2.13. The van der Waals surface area contributed by atoms with Gasteiger partial charge in [0.15, 0.2) is 0 Å². The van der Waals surface area contributed by atoms with Crippen molar-refractivity contribution in [2.24, 2.45) is 0 Å².